The van der Waals surface area contributed by atoms with Crippen LogP contribution in [0.25, 0.3) is 5.82 Å². The van der Waals surface area contributed by atoms with Crippen molar-refractivity contribution in [3.8, 4) is 5.82 Å². The number of nitrogens with one attached hydrogen (secondary N) is 2. The maximum absolute atomic E-state index is 13.0. The highest BCUT2D eigenvalue weighted by Crippen LogP contribution is 2.24. The van der Waals surface area contributed by atoms with Gasteiger partial charge in [-0.2, -0.15) is 9.78 Å². The number of nitrogens with zero attached hydrogens (tertiary/aromatic N) is 9. The van der Waals surface area contributed by atoms with E-state index in [0.717, 1.165) is 0 Å². The molecule has 1 aromatic carbocycles. The number of aryl methyl sites for hydroxylation is 1. The summed E-state index contributed by atoms with van der Waals surface area (Å²) in [4.78, 5) is 24.3. The number of hydrazone groups is 1. The number of hydrogen-bond acceptors (Lipinski definition) is 12. The van der Waals surface area contributed by atoms with Crippen molar-refractivity contribution in [2.24, 2.45) is 12.1 Å². The van der Waals surface area contributed by atoms with Crippen LogP contribution >= 0.6 is 11.8 Å². The molecule has 0 aliphatic heterocycles. The molecule has 0 aliphatic rings. The highest BCUT2D eigenvalue weighted by molar-refractivity contribution is 7.98. The topological polar surface area (TPSA) is 197 Å². The zero-order valence-electron chi connectivity index (χ0n) is 18.8. The van der Waals surface area contributed by atoms with E-state index in [-0.39, 0.29) is 29.0 Å². The standard InChI is InChI=1S/C19H20N12O3S/c1-10(12-5-4-6-13(7-12)22-11(2)32)23-25-18(33)15-14(8-35-19-26-21-9-30(19)3)31(29-24-15)17-16(20)27-34-28-17/h4-7,9H,8H2,1-3H3,(H2,20,27)(H,22,32)(H,25,33). The molecule has 0 bridgehead atoms. The van der Waals surface area contributed by atoms with Crippen LogP contribution in [0.1, 0.15) is 35.6 Å². The highest BCUT2D eigenvalue weighted by Gasteiger charge is 2.24. The number of thioether (sulfide) groups is 1. The Labute approximate surface area is 202 Å². The lowest BCUT2D eigenvalue weighted by Crippen LogP contribution is -2.21. The van der Waals surface area contributed by atoms with E-state index in [1.54, 1.807) is 49.1 Å². The smallest absolute Gasteiger partial charge is 0.293 e. The molecule has 0 radical (unpaired) electrons. The van der Waals surface area contributed by atoms with Crippen LogP contribution in [0.3, 0.4) is 0 Å². The van der Waals surface area contributed by atoms with Gasteiger partial charge in [-0.05, 0) is 34.9 Å². The van der Waals surface area contributed by atoms with Gasteiger partial charge in [-0.25, -0.2) is 10.1 Å². The highest BCUT2D eigenvalue weighted by atomic mass is 32.2. The Morgan fingerprint density at radius 3 is 2.74 bits per heavy atom. The van der Waals surface area contributed by atoms with Gasteiger partial charge in [-0.15, -0.1) is 15.3 Å². The van der Waals surface area contributed by atoms with Gasteiger partial charge in [0.25, 0.3) is 5.91 Å². The molecule has 3 heterocycles. The molecule has 4 rings (SSSR count). The summed E-state index contributed by atoms with van der Waals surface area (Å²) in [5, 5.41) is 30.6. The summed E-state index contributed by atoms with van der Waals surface area (Å²) >= 11 is 1.31. The average Bonchev–Trinajstić information content (AvgIpc) is 3.55. The second kappa shape index (κ2) is 10.1. The quantitative estimate of drug-likeness (QED) is 0.177. The lowest BCUT2D eigenvalue weighted by molar-refractivity contribution is -0.114. The van der Waals surface area contributed by atoms with Crippen LogP contribution < -0.4 is 16.5 Å². The van der Waals surface area contributed by atoms with Crippen LogP contribution in [0.5, 0.6) is 0 Å². The van der Waals surface area contributed by atoms with Gasteiger partial charge >= 0.3 is 0 Å². The first-order valence-electron chi connectivity index (χ1n) is 10.1. The van der Waals surface area contributed by atoms with E-state index in [9.17, 15) is 9.59 Å². The van der Waals surface area contributed by atoms with E-state index < -0.39 is 5.91 Å². The number of amides is 2. The largest absolute Gasteiger partial charge is 0.378 e. The van der Waals surface area contributed by atoms with Crippen molar-refractivity contribution in [1.29, 1.82) is 0 Å². The molecule has 4 aromatic rings. The molecule has 15 nitrogen and oxygen atoms in total. The van der Waals surface area contributed by atoms with Crippen LogP contribution in [-0.2, 0) is 17.6 Å². The SMILES string of the molecule is CC(=O)Nc1cccc(C(C)=NNC(=O)c2nnn(-c3nonc3N)c2CSc2nncn2C)c1. The van der Waals surface area contributed by atoms with Crippen LogP contribution in [0, 0.1) is 0 Å². The zero-order chi connectivity index (χ0) is 24.9. The molecular weight excluding hydrogens is 476 g/mol. The van der Waals surface area contributed by atoms with Gasteiger partial charge in [0.15, 0.2) is 10.9 Å². The number of nitrogen functional groups attached to an aromatic ring is 1. The fourth-order valence-corrected chi connectivity index (χ4v) is 3.81. The van der Waals surface area contributed by atoms with Crippen molar-refractivity contribution in [3.05, 3.63) is 47.5 Å². The van der Waals surface area contributed by atoms with Gasteiger partial charge in [0.05, 0.1) is 11.4 Å². The van der Waals surface area contributed by atoms with Crippen molar-refractivity contribution in [3.63, 3.8) is 0 Å². The van der Waals surface area contributed by atoms with Gasteiger partial charge < -0.3 is 15.6 Å². The van der Waals surface area contributed by atoms with Gasteiger partial charge in [-0.1, -0.05) is 29.1 Å². The van der Waals surface area contributed by atoms with Crippen molar-refractivity contribution < 1.29 is 14.2 Å². The van der Waals surface area contributed by atoms with E-state index in [1.165, 1.54) is 23.4 Å². The number of anilines is 2. The first-order chi connectivity index (χ1) is 16.8. The zero-order valence-corrected chi connectivity index (χ0v) is 19.6. The molecule has 0 atom stereocenters. The van der Waals surface area contributed by atoms with Crippen LogP contribution in [0.4, 0.5) is 11.5 Å². The van der Waals surface area contributed by atoms with Crippen LogP contribution in [0.2, 0.25) is 0 Å². The number of aromatic nitrogens is 8. The molecule has 16 heteroatoms. The molecule has 4 N–H and O–H groups in total. The number of hydrogen-bond donors (Lipinski definition) is 3. The molecular formula is C19H20N12O3S. The molecule has 0 saturated carbocycles. The van der Waals surface area contributed by atoms with Crippen LogP contribution in [0.15, 0.2) is 45.5 Å². The third kappa shape index (κ3) is 5.32. The Morgan fingerprint density at radius 1 is 1.23 bits per heavy atom. The van der Waals surface area contributed by atoms with E-state index in [2.05, 4.69) is 51.3 Å². The Balaban J connectivity index is 1.58. The van der Waals surface area contributed by atoms with E-state index >= 15 is 0 Å². The second-order valence-corrected chi connectivity index (χ2v) is 8.13. The van der Waals surface area contributed by atoms with E-state index in [1.807, 2.05) is 0 Å². The number of benzene rings is 1. The fourth-order valence-electron chi connectivity index (χ4n) is 2.93. The normalized spacial score (nSPS) is 11.5. The molecule has 0 fully saturated rings. The summed E-state index contributed by atoms with van der Waals surface area (Å²) in [6, 6.07) is 7.06. The summed E-state index contributed by atoms with van der Waals surface area (Å²) in [5.74, 6) is -0.477. The molecule has 0 aliphatic carbocycles. The third-order valence-corrected chi connectivity index (χ3v) is 5.65. The first kappa shape index (κ1) is 23.6. The van der Waals surface area contributed by atoms with Gasteiger partial charge in [0.2, 0.25) is 17.5 Å². The Kier molecular flexibility index (Phi) is 6.81. The third-order valence-electron chi connectivity index (χ3n) is 4.61. The summed E-state index contributed by atoms with van der Waals surface area (Å²) in [6.45, 7) is 3.14. The van der Waals surface area contributed by atoms with Crippen molar-refractivity contribution in [2.45, 2.75) is 24.8 Å². The first-order valence-corrected chi connectivity index (χ1v) is 11.0. The maximum atomic E-state index is 13.0. The molecule has 0 unspecified atom stereocenters. The van der Waals surface area contributed by atoms with Crippen molar-refractivity contribution in [2.75, 3.05) is 11.1 Å². The molecule has 35 heavy (non-hydrogen) atoms. The summed E-state index contributed by atoms with van der Waals surface area (Å²) in [7, 11) is 1.80. The Bertz CT molecular complexity index is 1410. The maximum Gasteiger partial charge on any atom is 0.293 e. The molecule has 2 amide bonds. The summed E-state index contributed by atoms with van der Waals surface area (Å²) in [6.07, 6.45) is 1.56. The van der Waals surface area contributed by atoms with E-state index in [4.69, 9.17) is 5.73 Å². The number of carbonyl (C=O) groups excluding carboxylic acids is 2. The summed E-state index contributed by atoms with van der Waals surface area (Å²) < 4.78 is 7.66. The minimum Gasteiger partial charge on any atom is -0.378 e. The Morgan fingerprint density at radius 2 is 2.06 bits per heavy atom. The average molecular weight is 497 g/mol. The van der Waals surface area contributed by atoms with E-state index in [0.29, 0.717) is 27.8 Å². The predicted octanol–water partition coefficient (Wildman–Crippen LogP) is 0.766. The lowest BCUT2D eigenvalue weighted by Gasteiger charge is -2.07. The monoisotopic (exact) mass is 496 g/mol. The number of carbonyl (C=O) groups is 2. The minimum atomic E-state index is -0.600. The molecule has 0 saturated heterocycles. The predicted molar refractivity (Wildman–Crippen MR) is 125 cm³/mol. The van der Waals surface area contributed by atoms with Gasteiger partial charge in [-0.3, -0.25) is 9.59 Å². The summed E-state index contributed by atoms with van der Waals surface area (Å²) in [5.41, 5.74) is 10.5. The van der Waals surface area contributed by atoms with Gasteiger partial charge in [0.1, 0.15) is 6.33 Å². The number of nitrogens with two attached hydrogens (primary N) is 1. The van der Waals surface area contributed by atoms with Gasteiger partial charge in [0, 0.05) is 25.4 Å². The second-order valence-electron chi connectivity index (χ2n) is 7.18. The van der Waals surface area contributed by atoms with Crippen LogP contribution in [-0.4, -0.2) is 57.6 Å². The number of rotatable bonds is 8. The van der Waals surface area contributed by atoms with Crippen molar-refractivity contribution in [1.82, 2.24) is 45.5 Å². The Hall–Kier alpha value is -4.60. The molecule has 3 aromatic heterocycles. The minimum absolute atomic E-state index is 0.00520. The van der Waals surface area contributed by atoms with Crippen molar-refractivity contribution >= 4 is 40.8 Å². The lowest BCUT2D eigenvalue weighted by atomic mass is 10.1. The molecule has 180 valence electrons. The fraction of sp³-hybridized carbons (Fsp3) is 0.211. The molecule has 0 spiro atoms.